The Morgan fingerprint density at radius 1 is 1.28 bits per heavy atom. The van der Waals surface area contributed by atoms with Gasteiger partial charge in [-0.1, -0.05) is 30.4 Å². The second kappa shape index (κ2) is 9.29. The first-order valence-electron chi connectivity index (χ1n) is 11.0. The maximum absolute atomic E-state index is 13.3. The van der Waals surface area contributed by atoms with Crippen molar-refractivity contribution >= 4 is 52.1 Å². The van der Waals surface area contributed by atoms with Gasteiger partial charge in [0.05, 0.1) is 4.91 Å². The third-order valence-corrected chi connectivity index (χ3v) is 8.33. The van der Waals surface area contributed by atoms with Gasteiger partial charge in [0.25, 0.3) is 5.91 Å². The molecule has 2 bridgehead atoms. The number of carbonyl (C=O) groups excluding carboxylic acids is 1. The molecule has 5 rings (SSSR count). The SMILES string of the molecule is O=C1/C(=C/c2oc(-c3ccc(F)cc3)cc2CCCNCl)SC(=S)N1C1CC2CCC1C2. The van der Waals surface area contributed by atoms with E-state index in [2.05, 4.69) is 4.84 Å². The zero-order valence-electron chi connectivity index (χ0n) is 17.5. The fraction of sp³-hybridized carbons (Fsp3) is 0.417. The van der Waals surface area contributed by atoms with E-state index in [4.69, 9.17) is 28.4 Å². The molecule has 1 aromatic heterocycles. The lowest BCUT2D eigenvalue weighted by Crippen LogP contribution is -2.41. The van der Waals surface area contributed by atoms with E-state index in [0.29, 0.717) is 33.2 Å². The molecule has 168 valence electrons. The normalized spacial score (nSPS) is 26.1. The highest BCUT2D eigenvalue weighted by Gasteiger charge is 2.48. The number of hydrogen-bond acceptors (Lipinski definition) is 5. The van der Waals surface area contributed by atoms with Crippen molar-refractivity contribution in [3.05, 3.63) is 52.4 Å². The Morgan fingerprint density at radius 2 is 2.09 bits per heavy atom. The highest BCUT2D eigenvalue weighted by Crippen LogP contribution is 2.49. The molecule has 3 unspecified atom stereocenters. The summed E-state index contributed by atoms with van der Waals surface area (Å²) < 4.78 is 20.1. The molecule has 0 radical (unpaired) electrons. The first kappa shape index (κ1) is 22.1. The number of benzene rings is 1. The molecule has 2 aliphatic carbocycles. The minimum Gasteiger partial charge on any atom is -0.456 e. The standard InChI is InChI=1S/C24H24ClFN2O2S2/c25-27-9-1-2-17-12-20(15-5-7-18(26)8-6-15)30-21(17)13-22-23(29)28(24(31)32-22)19-11-14-3-4-16(19)10-14/h5-8,12-14,16,19,27H,1-4,9-11H2/b22-13-. The van der Waals surface area contributed by atoms with Crippen molar-refractivity contribution in [1.82, 2.24) is 9.74 Å². The summed E-state index contributed by atoms with van der Waals surface area (Å²) in [4.78, 5) is 18.4. The lowest BCUT2D eigenvalue weighted by molar-refractivity contribution is -0.124. The van der Waals surface area contributed by atoms with Gasteiger partial charge < -0.3 is 4.42 Å². The molecule has 1 N–H and O–H groups in total. The number of rotatable bonds is 7. The lowest BCUT2D eigenvalue weighted by Gasteiger charge is -2.30. The van der Waals surface area contributed by atoms with E-state index in [1.165, 1.54) is 43.2 Å². The zero-order valence-corrected chi connectivity index (χ0v) is 19.9. The third-order valence-electron chi connectivity index (χ3n) is 6.81. The molecule has 1 aromatic carbocycles. The smallest absolute Gasteiger partial charge is 0.266 e. The molecule has 0 spiro atoms. The first-order valence-corrected chi connectivity index (χ1v) is 12.6. The zero-order chi connectivity index (χ0) is 22.2. The number of carbonyl (C=O) groups is 1. The minimum absolute atomic E-state index is 0.00865. The number of nitrogens with zero attached hydrogens (tertiary/aromatic N) is 1. The molecule has 3 atom stereocenters. The van der Waals surface area contributed by atoms with Crippen LogP contribution in [0.5, 0.6) is 0 Å². The molecule has 4 nitrogen and oxygen atoms in total. The van der Waals surface area contributed by atoms with Crippen LogP contribution in [0.15, 0.2) is 39.7 Å². The van der Waals surface area contributed by atoms with Crippen molar-refractivity contribution in [1.29, 1.82) is 0 Å². The minimum atomic E-state index is -0.293. The average Bonchev–Trinajstić information content (AvgIpc) is 3.54. The Labute approximate surface area is 201 Å². The number of hydrogen-bond donors (Lipinski definition) is 1. The Balaban J connectivity index is 1.43. The maximum atomic E-state index is 13.3. The summed E-state index contributed by atoms with van der Waals surface area (Å²) in [5.41, 5.74) is 1.78. The molecule has 32 heavy (non-hydrogen) atoms. The van der Waals surface area contributed by atoms with Crippen LogP contribution in [0.25, 0.3) is 17.4 Å². The lowest BCUT2D eigenvalue weighted by atomic mass is 9.94. The highest BCUT2D eigenvalue weighted by molar-refractivity contribution is 8.26. The molecule has 3 fully saturated rings. The maximum Gasteiger partial charge on any atom is 0.266 e. The van der Waals surface area contributed by atoms with Gasteiger partial charge in [-0.3, -0.25) is 9.69 Å². The monoisotopic (exact) mass is 490 g/mol. The van der Waals surface area contributed by atoms with Crippen LogP contribution in [0.2, 0.25) is 0 Å². The first-order chi connectivity index (χ1) is 15.5. The van der Waals surface area contributed by atoms with Gasteiger partial charge in [0.2, 0.25) is 0 Å². The Hall–Kier alpha value is -1.67. The summed E-state index contributed by atoms with van der Waals surface area (Å²) in [6, 6.07) is 8.41. The molecule has 2 aromatic rings. The quantitative estimate of drug-likeness (QED) is 0.218. The van der Waals surface area contributed by atoms with E-state index in [0.717, 1.165) is 36.3 Å². The fourth-order valence-electron chi connectivity index (χ4n) is 5.27. The van der Waals surface area contributed by atoms with Gasteiger partial charge >= 0.3 is 0 Å². The van der Waals surface area contributed by atoms with E-state index in [1.807, 2.05) is 17.0 Å². The van der Waals surface area contributed by atoms with Crippen molar-refractivity contribution in [3.63, 3.8) is 0 Å². The van der Waals surface area contributed by atoms with E-state index < -0.39 is 0 Å². The van der Waals surface area contributed by atoms with E-state index in [9.17, 15) is 9.18 Å². The Bertz CT molecular complexity index is 1070. The summed E-state index contributed by atoms with van der Waals surface area (Å²) in [6.07, 6.45) is 8.15. The van der Waals surface area contributed by atoms with E-state index in [1.54, 1.807) is 12.1 Å². The number of fused-ring (bicyclic) bond motifs is 2. The average molecular weight is 491 g/mol. The molecular formula is C24H24ClFN2O2S2. The molecule has 8 heteroatoms. The number of furan rings is 1. The van der Waals surface area contributed by atoms with Gasteiger partial charge in [0, 0.05) is 24.2 Å². The van der Waals surface area contributed by atoms with Crippen LogP contribution in [0.3, 0.4) is 0 Å². The van der Waals surface area contributed by atoms with Gasteiger partial charge in [-0.05, 0) is 91.6 Å². The summed E-state index contributed by atoms with van der Waals surface area (Å²) in [7, 11) is 0. The number of thioether (sulfide) groups is 1. The van der Waals surface area contributed by atoms with Crippen LogP contribution in [-0.2, 0) is 11.2 Å². The second-order valence-electron chi connectivity index (χ2n) is 8.79. The van der Waals surface area contributed by atoms with Gasteiger partial charge in [-0.15, -0.1) is 0 Å². The van der Waals surface area contributed by atoms with Gasteiger partial charge in [-0.2, -0.15) is 0 Å². The van der Waals surface area contributed by atoms with Crippen molar-refractivity contribution in [3.8, 4) is 11.3 Å². The predicted molar refractivity (Wildman–Crippen MR) is 131 cm³/mol. The molecule has 2 saturated carbocycles. The molecule has 1 aliphatic heterocycles. The third kappa shape index (κ3) is 4.28. The molecule has 1 amide bonds. The summed E-state index contributed by atoms with van der Waals surface area (Å²) in [6.45, 7) is 0.657. The van der Waals surface area contributed by atoms with Crippen molar-refractivity contribution in [2.24, 2.45) is 11.8 Å². The van der Waals surface area contributed by atoms with Crippen LogP contribution in [0.1, 0.15) is 43.4 Å². The van der Waals surface area contributed by atoms with Crippen LogP contribution in [0.4, 0.5) is 4.39 Å². The van der Waals surface area contributed by atoms with Gasteiger partial charge in [0.1, 0.15) is 21.7 Å². The number of halogens is 2. The van der Waals surface area contributed by atoms with E-state index in [-0.39, 0.29) is 17.8 Å². The Morgan fingerprint density at radius 3 is 2.78 bits per heavy atom. The van der Waals surface area contributed by atoms with Crippen molar-refractivity contribution in [2.45, 2.75) is 44.6 Å². The Kier molecular flexibility index (Phi) is 6.43. The molecule has 3 aliphatic rings. The second-order valence-corrected chi connectivity index (χ2v) is 10.7. The summed E-state index contributed by atoms with van der Waals surface area (Å²) in [5.74, 6) is 2.31. The number of aryl methyl sites for hydroxylation is 1. The van der Waals surface area contributed by atoms with Crippen molar-refractivity contribution < 1.29 is 13.6 Å². The van der Waals surface area contributed by atoms with Crippen LogP contribution >= 0.6 is 35.8 Å². The highest BCUT2D eigenvalue weighted by atomic mass is 35.5. The summed E-state index contributed by atoms with van der Waals surface area (Å²) >= 11 is 12.6. The number of thiocarbonyl (C=S) groups is 1. The topological polar surface area (TPSA) is 45.5 Å². The van der Waals surface area contributed by atoms with Crippen molar-refractivity contribution in [2.75, 3.05) is 6.54 Å². The van der Waals surface area contributed by atoms with Gasteiger partial charge in [-0.25, -0.2) is 9.23 Å². The fourth-order valence-corrected chi connectivity index (χ4v) is 6.75. The van der Waals surface area contributed by atoms with Crippen LogP contribution in [0, 0.1) is 17.7 Å². The van der Waals surface area contributed by atoms with Crippen LogP contribution in [-0.4, -0.2) is 27.7 Å². The molecule has 1 saturated heterocycles. The summed E-state index contributed by atoms with van der Waals surface area (Å²) in [5, 5.41) is 0. The van der Waals surface area contributed by atoms with Gasteiger partial charge in [0.15, 0.2) is 0 Å². The molecular weight excluding hydrogens is 467 g/mol. The predicted octanol–water partition coefficient (Wildman–Crippen LogP) is 6.15. The number of nitrogens with one attached hydrogen (secondary N) is 1. The van der Waals surface area contributed by atoms with Crippen LogP contribution < -0.4 is 4.84 Å². The number of amides is 1. The molecule has 2 heterocycles. The van der Waals surface area contributed by atoms with E-state index >= 15 is 0 Å². The largest absolute Gasteiger partial charge is 0.456 e.